The Labute approximate surface area is 180 Å². The van der Waals surface area contributed by atoms with Gasteiger partial charge in [0.15, 0.2) is 0 Å². The summed E-state index contributed by atoms with van der Waals surface area (Å²) in [5, 5.41) is 1.45. The van der Waals surface area contributed by atoms with Crippen LogP contribution in [0.2, 0.25) is 0 Å². The first-order valence-corrected chi connectivity index (χ1v) is 12.1. The van der Waals surface area contributed by atoms with Crippen molar-refractivity contribution in [2.75, 3.05) is 13.1 Å². The van der Waals surface area contributed by atoms with Crippen molar-refractivity contribution < 1.29 is 9.53 Å². The number of esters is 1. The first kappa shape index (κ1) is 20.1. The minimum Gasteiger partial charge on any atom is -0.462 e. The van der Waals surface area contributed by atoms with Crippen LogP contribution in [0.3, 0.4) is 0 Å². The highest BCUT2D eigenvalue weighted by Crippen LogP contribution is 2.46. The normalized spacial score (nSPS) is 27.4. The fourth-order valence-corrected chi connectivity index (χ4v) is 6.34. The van der Waals surface area contributed by atoms with Crippen LogP contribution >= 0.6 is 0 Å². The van der Waals surface area contributed by atoms with Gasteiger partial charge in [-0.1, -0.05) is 25.5 Å². The summed E-state index contributed by atoms with van der Waals surface area (Å²) < 4.78 is 8.44. The maximum absolute atomic E-state index is 13.1. The summed E-state index contributed by atoms with van der Waals surface area (Å²) >= 11 is 0. The van der Waals surface area contributed by atoms with E-state index in [-0.39, 0.29) is 18.0 Å². The number of carbonyl (C=O) groups is 1. The molecule has 1 saturated carbocycles. The molecule has 30 heavy (non-hydrogen) atoms. The molecule has 5 rings (SSSR count). The first-order valence-electron chi connectivity index (χ1n) is 12.1. The summed E-state index contributed by atoms with van der Waals surface area (Å²) in [5.74, 6) is 0.468. The van der Waals surface area contributed by atoms with Crippen molar-refractivity contribution in [3.05, 3.63) is 35.5 Å². The van der Waals surface area contributed by atoms with Gasteiger partial charge in [0.1, 0.15) is 6.10 Å². The van der Waals surface area contributed by atoms with E-state index in [9.17, 15) is 4.79 Å². The number of carbonyl (C=O) groups excluding carboxylic acids is 1. The maximum Gasteiger partial charge on any atom is 0.310 e. The summed E-state index contributed by atoms with van der Waals surface area (Å²) in [6, 6.07) is 7.74. The number of nitrogens with zero attached hydrogens (tertiary/aromatic N) is 2. The Balaban J connectivity index is 1.45. The molecule has 0 N–H and O–H groups in total. The monoisotopic (exact) mass is 408 g/mol. The first-order chi connectivity index (χ1) is 14.6. The van der Waals surface area contributed by atoms with Gasteiger partial charge in [0, 0.05) is 41.6 Å². The van der Waals surface area contributed by atoms with Crippen LogP contribution < -0.4 is 0 Å². The number of hydrogen-bond acceptors (Lipinski definition) is 3. The molecule has 1 aromatic heterocycles. The predicted octanol–water partition coefficient (Wildman–Crippen LogP) is 5.45. The standard InChI is InChI=1S/C26H36N2O2/c1-4-27-15-19(26(29)30-20-9-6-5-7-10-20)13-22-21-11-8-12-23-25(21)18(14-24(22)27)16-28(23)17(2)3/h8,11-12,16-17,19-20,22,24H,4-7,9-10,13-15H2,1-3H3/t19-,22?,24?/m1/s1. The summed E-state index contributed by atoms with van der Waals surface area (Å²) in [6.07, 6.45) is 10.3. The molecule has 0 spiro atoms. The van der Waals surface area contributed by atoms with Crippen LogP contribution in [-0.2, 0) is 16.0 Å². The molecule has 1 aromatic carbocycles. The molecule has 0 bridgehead atoms. The van der Waals surface area contributed by atoms with Crippen LogP contribution in [0.4, 0.5) is 0 Å². The molecule has 2 aliphatic carbocycles. The van der Waals surface area contributed by atoms with Crippen molar-refractivity contribution in [3.63, 3.8) is 0 Å². The lowest BCUT2D eigenvalue weighted by Gasteiger charge is -2.46. The molecule has 0 radical (unpaired) electrons. The van der Waals surface area contributed by atoms with Gasteiger partial charge in [-0.15, -0.1) is 0 Å². The third-order valence-electron chi connectivity index (χ3n) is 7.86. The average Bonchev–Trinajstić information content (AvgIpc) is 3.14. The average molecular weight is 409 g/mol. The Morgan fingerprint density at radius 2 is 2.00 bits per heavy atom. The molecule has 4 nitrogen and oxygen atoms in total. The van der Waals surface area contributed by atoms with Crippen LogP contribution in [0.5, 0.6) is 0 Å². The highest BCUT2D eigenvalue weighted by Gasteiger charge is 2.43. The highest BCUT2D eigenvalue weighted by molar-refractivity contribution is 5.89. The van der Waals surface area contributed by atoms with Crippen LogP contribution in [0.25, 0.3) is 10.9 Å². The van der Waals surface area contributed by atoms with E-state index in [0.717, 1.165) is 38.8 Å². The van der Waals surface area contributed by atoms with E-state index in [1.54, 1.807) is 0 Å². The van der Waals surface area contributed by atoms with Crippen molar-refractivity contribution in [1.82, 2.24) is 9.47 Å². The van der Waals surface area contributed by atoms with E-state index < -0.39 is 0 Å². The molecular weight excluding hydrogens is 372 g/mol. The second-order valence-electron chi connectivity index (χ2n) is 9.99. The highest BCUT2D eigenvalue weighted by atomic mass is 16.5. The van der Waals surface area contributed by atoms with Crippen molar-refractivity contribution in [2.24, 2.45) is 5.92 Å². The van der Waals surface area contributed by atoms with E-state index in [1.807, 2.05) is 0 Å². The molecule has 4 heteroatoms. The van der Waals surface area contributed by atoms with Gasteiger partial charge in [0.2, 0.25) is 0 Å². The topological polar surface area (TPSA) is 34.5 Å². The number of rotatable bonds is 4. The third kappa shape index (κ3) is 3.37. The maximum atomic E-state index is 13.1. The van der Waals surface area contributed by atoms with Gasteiger partial charge in [0.25, 0.3) is 0 Å². The SMILES string of the molecule is CCN1C[C@H](C(=O)OC2CCCCC2)CC2c3cccc4c3c(cn4C(C)C)CC21. The number of aromatic nitrogens is 1. The summed E-state index contributed by atoms with van der Waals surface area (Å²) in [7, 11) is 0. The number of piperidine rings is 1. The lowest BCUT2D eigenvalue weighted by Crippen LogP contribution is -2.51. The molecule has 0 amide bonds. The Bertz CT molecular complexity index is 925. The smallest absolute Gasteiger partial charge is 0.310 e. The summed E-state index contributed by atoms with van der Waals surface area (Å²) in [4.78, 5) is 15.7. The van der Waals surface area contributed by atoms with Gasteiger partial charge >= 0.3 is 5.97 Å². The Hall–Kier alpha value is -1.81. The molecule has 2 unspecified atom stereocenters. The second kappa shape index (κ2) is 8.03. The Morgan fingerprint density at radius 3 is 2.73 bits per heavy atom. The van der Waals surface area contributed by atoms with Crippen LogP contribution in [0, 0.1) is 5.92 Å². The van der Waals surface area contributed by atoms with Crippen LogP contribution in [-0.4, -0.2) is 40.7 Å². The molecule has 3 aliphatic rings. The number of benzene rings is 1. The van der Waals surface area contributed by atoms with E-state index in [0.29, 0.717) is 18.0 Å². The molecule has 2 heterocycles. The zero-order chi connectivity index (χ0) is 20.8. The van der Waals surface area contributed by atoms with E-state index in [2.05, 4.69) is 54.6 Å². The quantitative estimate of drug-likeness (QED) is 0.631. The second-order valence-corrected chi connectivity index (χ2v) is 9.99. The fourth-order valence-electron chi connectivity index (χ4n) is 6.34. The van der Waals surface area contributed by atoms with Gasteiger partial charge in [-0.25, -0.2) is 0 Å². The predicted molar refractivity (Wildman–Crippen MR) is 121 cm³/mol. The number of hydrogen-bond donors (Lipinski definition) is 0. The number of ether oxygens (including phenoxy) is 1. The molecule has 1 aliphatic heterocycles. The van der Waals surface area contributed by atoms with Crippen molar-refractivity contribution in [1.29, 1.82) is 0 Å². The van der Waals surface area contributed by atoms with E-state index in [4.69, 9.17) is 4.74 Å². The van der Waals surface area contributed by atoms with Gasteiger partial charge in [-0.05, 0) is 76.1 Å². The van der Waals surface area contributed by atoms with Crippen molar-refractivity contribution >= 4 is 16.9 Å². The Morgan fingerprint density at radius 1 is 1.20 bits per heavy atom. The van der Waals surface area contributed by atoms with Crippen molar-refractivity contribution in [2.45, 2.75) is 89.8 Å². The number of likely N-dealkylation sites (tertiary alicyclic amines) is 1. The molecule has 1 saturated heterocycles. The van der Waals surface area contributed by atoms with Crippen LogP contribution in [0.15, 0.2) is 24.4 Å². The minimum absolute atomic E-state index is 0.00267. The van der Waals surface area contributed by atoms with Crippen molar-refractivity contribution in [3.8, 4) is 0 Å². The lowest BCUT2D eigenvalue weighted by atomic mass is 9.72. The van der Waals surface area contributed by atoms with Gasteiger partial charge < -0.3 is 9.30 Å². The van der Waals surface area contributed by atoms with Crippen LogP contribution in [0.1, 0.15) is 82.4 Å². The van der Waals surface area contributed by atoms with E-state index in [1.165, 1.54) is 41.3 Å². The minimum atomic E-state index is -0.00267. The summed E-state index contributed by atoms with van der Waals surface area (Å²) in [5.41, 5.74) is 4.29. The molecular formula is C26H36N2O2. The number of fused-ring (bicyclic) bond motifs is 2. The molecule has 162 valence electrons. The Kier molecular flexibility index (Phi) is 5.38. The molecule has 3 atom stereocenters. The zero-order valence-corrected chi connectivity index (χ0v) is 18.8. The third-order valence-corrected chi connectivity index (χ3v) is 7.86. The zero-order valence-electron chi connectivity index (χ0n) is 18.8. The van der Waals surface area contributed by atoms with Gasteiger partial charge in [-0.2, -0.15) is 0 Å². The molecule has 2 fully saturated rings. The summed E-state index contributed by atoms with van der Waals surface area (Å²) in [6.45, 7) is 8.60. The van der Waals surface area contributed by atoms with E-state index >= 15 is 0 Å². The largest absolute Gasteiger partial charge is 0.462 e. The fraction of sp³-hybridized carbons (Fsp3) is 0.654. The van der Waals surface area contributed by atoms with Gasteiger partial charge in [-0.3, -0.25) is 9.69 Å². The number of likely N-dealkylation sites (N-methyl/N-ethyl adjacent to an activating group) is 1. The lowest BCUT2D eigenvalue weighted by molar-refractivity contribution is -0.158. The van der Waals surface area contributed by atoms with Gasteiger partial charge in [0.05, 0.1) is 5.92 Å². The molecule has 2 aromatic rings.